The van der Waals surface area contributed by atoms with E-state index in [1.165, 1.54) is 5.56 Å². The summed E-state index contributed by atoms with van der Waals surface area (Å²) >= 11 is 0. The number of fused-ring (bicyclic) bond motifs is 5. The van der Waals surface area contributed by atoms with Gasteiger partial charge in [-0.1, -0.05) is 25.5 Å². The van der Waals surface area contributed by atoms with E-state index in [0.717, 1.165) is 44.1 Å². The fourth-order valence-corrected chi connectivity index (χ4v) is 6.76. The van der Waals surface area contributed by atoms with Crippen molar-refractivity contribution in [1.29, 1.82) is 0 Å². The molecule has 2 fully saturated rings. The lowest BCUT2D eigenvalue weighted by Gasteiger charge is -2.58. The highest BCUT2D eigenvalue weighted by Gasteiger charge is 2.62. The van der Waals surface area contributed by atoms with Crippen LogP contribution in [0.1, 0.15) is 56.6 Å². The average molecular weight is 344 g/mol. The molecule has 0 aromatic heterocycles. The SMILES string of the molecule is C=CC[C@]12CC[C@]3(CC)C[C@H](O)C[C@H]3[C@@H]1[C@H](F)Cc1cc(O)ccc12. The van der Waals surface area contributed by atoms with Gasteiger partial charge >= 0.3 is 0 Å². The molecule has 1 aromatic carbocycles. The quantitative estimate of drug-likeness (QED) is 0.782. The summed E-state index contributed by atoms with van der Waals surface area (Å²) in [6, 6.07) is 5.50. The monoisotopic (exact) mass is 344 g/mol. The Morgan fingerprint density at radius 2 is 2.16 bits per heavy atom. The van der Waals surface area contributed by atoms with Gasteiger partial charge in [0.05, 0.1) is 6.10 Å². The van der Waals surface area contributed by atoms with E-state index >= 15 is 4.39 Å². The van der Waals surface area contributed by atoms with Crippen LogP contribution in [-0.4, -0.2) is 22.5 Å². The van der Waals surface area contributed by atoms with Crippen LogP contribution >= 0.6 is 0 Å². The molecule has 2 saturated carbocycles. The normalized spacial score (nSPS) is 42.4. The van der Waals surface area contributed by atoms with Crippen LogP contribution < -0.4 is 0 Å². The maximum atomic E-state index is 15.6. The molecule has 6 atom stereocenters. The van der Waals surface area contributed by atoms with E-state index in [-0.39, 0.29) is 34.5 Å². The maximum absolute atomic E-state index is 15.6. The molecule has 3 heteroatoms. The Morgan fingerprint density at radius 1 is 1.36 bits per heavy atom. The zero-order valence-corrected chi connectivity index (χ0v) is 15.0. The fraction of sp³-hybridized carbons (Fsp3) is 0.636. The molecule has 25 heavy (non-hydrogen) atoms. The molecule has 136 valence electrons. The number of allylic oxidation sites excluding steroid dienone is 1. The topological polar surface area (TPSA) is 40.5 Å². The molecule has 0 bridgehead atoms. The van der Waals surface area contributed by atoms with Gasteiger partial charge in [-0.05, 0) is 66.7 Å². The van der Waals surface area contributed by atoms with Gasteiger partial charge in [-0.3, -0.25) is 0 Å². The van der Waals surface area contributed by atoms with Gasteiger partial charge in [0.15, 0.2) is 0 Å². The predicted octanol–water partition coefficient (Wildman–Crippen LogP) is 4.68. The Balaban J connectivity index is 1.87. The molecule has 2 N–H and O–H groups in total. The van der Waals surface area contributed by atoms with Crippen LogP contribution in [0.25, 0.3) is 0 Å². The standard InChI is InChI=1S/C22H29FO2/c1-3-7-22-9-8-21(4-2)13-16(25)12-18(21)20(22)19(23)11-14-10-15(24)5-6-17(14)22/h3,5-6,10,16,18-20,24-25H,1,4,7-9,11-13H2,2H3/t16-,18+,19-,20-,21-,22-/m1/s1. The molecule has 0 heterocycles. The summed E-state index contributed by atoms with van der Waals surface area (Å²) in [4.78, 5) is 0. The van der Waals surface area contributed by atoms with Gasteiger partial charge in [0.25, 0.3) is 0 Å². The van der Waals surface area contributed by atoms with Crippen LogP contribution in [0, 0.1) is 17.3 Å². The lowest BCUT2D eigenvalue weighted by molar-refractivity contribution is -0.0463. The number of phenolic OH excluding ortho intramolecular Hbond substituents is 1. The maximum Gasteiger partial charge on any atom is 0.115 e. The average Bonchev–Trinajstić information content (AvgIpc) is 2.91. The largest absolute Gasteiger partial charge is 0.508 e. The Bertz CT molecular complexity index is 687. The molecule has 0 saturated heterocycles. The smallest absolute Gasteiger partial charge is 0.115 e. The summed E-state index contributed by atoms with van der Waals surface area (Å²) in [5.74, 6) is 0.389. The molecule has 2 nitrogen and oxygen atoms in total. The van der Waals surface area contributed by atoms with Crippen LogP contribution in [-0.2, 0) is 11.8 Å². The summed E-state index contributed by atoms with van der Waals surface area (Å²) in [5.41, 5.74) is 2.01. The van der Waals surface area contributed by atoms with Crippen molar-refractivity contribution in [1.82, 2.24) is 0 Å². The second kappa shape index (κ2) is 5.84. The first-order chi connectivity index (χ1) is 12.0. The number of aliphatic hydroxyl groups is 1. The van der Waals surface area contributed by atoms with Gasteiger partial charge in [-0.25, -0.2) is 4.39 Å². The van der Waals surface area contributed by atoms with Crippen molar-refractivity contribution in [3.05, 3.63) is 42.0 Å². The summed E-state index contributed by atoms with van der Waals surface area (Å²) in [7, 11) is 0. The van der Waals surface area contributed by atoms with Crippen molar-refractivity contribution in [3.8, 4) is 5.75 Å². The minimum atomic E-state index is -0.921. The van der Waals surface area contributed by atoms with E-state index in [1.54, 1.807) is 12.1 Å². The highest BCUT2D eigenvalue weighted by Crippen LogP contribution is 2.66. The van der Waals surface area contributed by atoms with Crippen LogP contribution in [0.2, 0.25) is 0 Å². The summed E-state index contributed by atoms with van der Waals surface area (Å²) < 4.78 is 15.6. The number of hydrogen-bond acceptors (Lipinski definition) is 2. The minimum Gasteiger partial charge on any atom is -0.508 e. The van der Waals surface area contributed by atoms with Crippen LogP contribution in [0.15, 0.2) is 30.9 Å². The molecule has 0 spiro atoms. The third-order valence-electron chi connectivity index (χ3n) is 7.74. The third-order valence-corrected chi connectivity index (χ3v) is 7.74. The van der Waals surface area contributed by atoms with Crippen LogP contribution in [0.3, 0.4) is 0 Å². The number of rotatable bonds is 3. The van der Waals surface area contributed by atoms with Crippen LogP contribution in [0.4, 0.5) is 4.39 Å². The number of aromatic hydroxyl groups is 1. The van der Waals surface area contributed by atoms with Crippen molar-refractivity contribution in [2.75, 3.05) is 0 Å². The zero-order valence-electron chi connectivity index (χ0n) is 15.0. The fourth-order valence-electron chi connectivity index (χ4n) is 6.76. The number of benzene rings is 1. The van der Waals surface area contributed by atoms with Gasteiger partial charge in [-0.15, -0.1) is 6.58 Å². The van der Waals surface area contributed by atoms with Crippen molar-refractivity contribution in [3.63, 3.8) is 0 Å². The summed E-state index contributed by atoms with van der Waals surface area (Å²) in [5, 5.41) is 20.3. The van der Waals surface area contributed by atoms with E-state index in [4.69, 9.17) is 0 Å². The van der Waals surface area contributed by atoms with E-state index in [0.29, 0.717) is 6.42 Å². The second-order valence-electron chi connectivity index (χ2n) is 8.65. The van der Waals surface area contributed by atoms with Crippen molar-refractivity contribution < 1.29 is 14.6 Å². The zero-order chi connectivity index (χ0) is 17.8. The minimum absolute atomic E-state index is 0.0617. The molecular weight excluding hydrogens is 315 g/mol. The van der Waals surface area contributed by atoms with E-state index < -0.39 is 6.17 Å². The van der Waals surface area contributed by atoms with Gasteiger partial charge in [0.1, 0.15) is 11.9 Å². The first kappa shape index (κ1) is 17.1. The van der Waals surface area contributed by atoms with Gasteiger partial charge in [0, 0.05) is 17.8 Å². The highest BCUT2D eigenvalue weighted by molar-refractivity contribution is 5.45. The number of alkyl halides is 1. The number of hydrogen-bond donors (Lipinski definition) is 2. The van der Waals surface area contributed by atoms with E-state index in [9.17, 15) is 10.2 Å². The van der Waals surface area contributed by atoms with Crippen molar-refractivity contribution in [2.45, 2.75) is 69.6 Å². The third kappa shape index (κ3) is 2.31. The second-order valence-corrected chi connectivity index (χ2v) is 8.65. The van der Waals surface area contributed by atoms with E-state index in [1.807, 2.05) is 12.1 Å². The van der Waals surface area contributed by atoms with Crippen molar-refractivity contribution in [2.24, 2.45) is 17.3 Å². The van der Waals surface area contributed by atoms with Crippen LogP contribution in [0.5, 0.6) is 5.75 Å². The highest BCUT2D eigenvalue weighted by atomic mass is 19.1. The molecular formula is C22H29FO2. The molecule has 4 rings (SSSR count). The molecule has 0 unspecified atom stereocenters. The molecule has 0 radical (unpaired) electrons. The Morgan fingerprint density at radius 3 is 2.88 bits per heavy atom. The van der Waals surface area contributed by atoms with E-state index in [2.05, 4.69) is 13.5 Å². The summed E-state index contributed by atoms with van der Waals surface area (Å²) in [6.45, 7) is 6.17. The first-order valence-corrected chi connectivity index (χ1v) is 9.71. The first-order valence-electron chi connectivity index (χ1n) is 9.71. The molecule has 0 amide bonds. The lowest BCUT2D eigenvalue weighted by atomic mass is 9.46. The summed E-state index contributed by atoms with van der Waals surface area (Å²) in [6.07, 6.45) is 6.42. The number of aliphatic hydroxyl groups excluding tert-OH is 1. The lowest BCUT2D eigenvalue weighted by Crippen LogP contribution is -2.55. The van der Waals surface area contributed by atoms with Crippen molar-refractivity contribution >= 4 is 0 Å². The molecule has 1 aromatic rings. The Kier molecular flexibility index (Phi) is 3.99. The van der Waals surface area contributed by atoms with Gasteiger partial charge < -0.3 is 10.2 Å². The molecule has 3 aliphatic rings. The molecule has 3 aliphatic carbocycles. The Labute approximate surface area is 149 Å². The number of halogens is 1. The number of phenols is 1. The van der Waals surface area contributed by atoms with Gasteiger partial charge in [0.2, 0.25) is 0 Å². The Hall–Kier alpha value is -1.35. The molecule has 0 aliphatic heterocycles. The predicted molar refractivity (Wildman–Crippen MR) is 97.4 cm³/mol. The van der Waals surface area contributed by atoms with Gasteiger partial charge in [-0.2, -0.15) is 0 Å².